The Balaban J connectivity index is 1.50. The third kappa shape index (κ3) is 4.75. The van der Waals surface area contributed by atoms with Gasteiger partial charge in [0, 0.05) is 12.7 Å². The van der Waals surface area contributed by atoms with Crippen LogP contribution in [0.25, 0.3) is 11.1 Å². The molecule has 0 radical (unpaired) electrons. The minimum atomic E-state index is -3.56. The number of nitrogens with one attached hydrogen (secondary N) is 1. The SMILES string of the molecule is CS(=O)(=O)c1ccc(-c2ccc(C[C@@H](C#N)CC(=O)C34CCC(CC3)CN4)c(F)c2)cc1C#N. The molecule has 1 atom stereocenters. The number of hydrogen-bond acceptors (Lipinski definition) is 6. The van der Waals surface area contributed by atoms with E-state index in [9.17, 15) is 28.1 Å². The zero-order valence-corrected chi connectivity index (χ0v) is 19.8. The lowest BCUT2D eigenvalue weighted by atomic mass is 9.68. The molecule has 5 rings (SSSR count). The van der Waals surface area contributed by atoms with E-state index in [2.05, 4.69) is 11.4 Å². The standard InChI is InChI=1S/C26H26FN3O3S/c1-34(32,33)24-5-4-19(12-22(24)15-29)20-2-3-21(23(27)13-20)10-18(14-28)11-25(31)26-8-6-17(7-9-26)16-30-26/h2-5,12-13,17-18,30H,6-11,16H2,1H3/t17?,18-,26?/m1/s1. The molecular weight excluding hydrogens is 453 g/mol. The minimum Gasteiger partial charge on any atom is -0.305 e. The molecule has 1 aliphatic carbocycles. The van der Waals surface area contributed by atoms with Crippen LogP contribution < -0.4 is 5.32 Å². The predicted octanol–water partition coefficient (Wildman–Crippen LogP) is 3.94. The van der Waals surface area contributed by atoms with Gasteiger partial charge in [-0.05, 0) is 79.5 Å². The monoisotopic (exact) mass is 479 g/mol. The quantitative estimate of drug-likeness (QED) is 0.644. The molecule has 0 amide bonds. The molecule has 34 heavy (non-hydrogen) atoms. The Bertz CT molecular complexity index is 1300. The lowest BCUT2D eigenvalue weighted by molar-refractivity contribution is -0.129. The van der Waals surface area contributed by atoms with Crippen molar-refractivity contribution < 1.29 is 17.6 Å². The fraction of sp³-hybridized carbons (Fsp3) is 0.423. The van der Waals surface area contributed by atoms with E-state index in [0.29, 0.717) is 22.6 Å². The van der Waals surface area contributed by atoms with Gasteiger partial charge in [0.1, 0.15) is 11.9 Å². The summed E-state index contributed by atoms with van der Waals surface area (Å²) in [6.07, 6.45) is 4.93. The van der Waals surface area contributed by atoms with Gasteiger partial charge in [0.05, 0.1) is 28.0 Å². The second kappa shape index (κ2) is 9.29. The maximum absolute atomic E-state index is 15.0. The second-order valence-corrected chi connectivity index (χ2v) is 11.4. The van der Waals surface area contributed by atoms with E-state index in [1.165, 1.54) is 24.3 Å². The maximum atomic E-state index is 15.0. The van der Waals surface area contributed by atoms with Crippen LogP contribution in [0.4, 0.5) is 4.39 Å². The average molecular weight is 480 g/mol. The summed E-state index contributed by atoms with van der Waals surface area (Å²) in [5.74, 6) is -0.446. The molecule has 2 aliphatic heterocycles. The molecule has 1 saturated carbocycles. The van der Waals surface area contributed by atoms with Crippen LogP contribution in [-0.2, 0) is 21.1 Å². The van der Waals surface area contributed by atoms with Crippen LogP contribution in [0.2, 0.25) is 0 Å². The van der Waals surface area contributed by atoms with Crippen LogP contribution in [0, 0.1) is 40.3 Å². The van der Waals surface area contributed by atoms with E-state index < -0.39 is 27.1 Å². The summed E-state index contributed by atoms with van der Waals surface area (Å²) in [5, 5.41) is 22.4. The fourth-order valence-electron chi connectivity index (χ4n) is 5.13. The summed E-state index contributed by atoms with van der Waals surface area (Å²) in [7, 11) is -3.56. The van der Waals surface area contributed by atoms with Gasteiger partial charge in [-0.25, -0.2) is 12.8 Å². The van der Waals surface area contributed by atoms with Crippen molar-refractivity contribution in [1.82, 2.24) is 5.32 Å². The molecule has 0 spiro atoms. The number of benzene rings is 2. The smallest absolute Gasteiger partial charge is 0.176 e. The molecular formula is C26H26FN3O3S. The summed E-state index contributed by atoms with van der Waals surface area (Å²) in [5.41, 5.74) is 0.818. The molecule has 1 N–H and O–H groups in total. The van der Waals surface area contributed by atoms with Crippen LogP contribution in [0.5, 0.6) is 0 Å². The Morgan fingerprint density at radius 2 is 1.85 bits per heavy atom. The number of piperidine rings is 2. The highest BCUT2D eigenvalue weighted by Gasteiger charge is 2.45. The average Bonchev–Trinajstić information content (AvgIpc) is 2.84. The molecule has 176 valence electrons. The molecule has 8 heteroatoms. The third-order valence-corrected chi connectivity index (χ3v) is 8.34. The van der Waals surface area contributed by atoms with Crippen molar-refractivity contribution in [1.29, 1.82) is 10.5 Å². The van der Waals surface area contributed by atoms with Gasteiger partial charge in [-0.3, -0.25) is 4.79 Å². The lowest BCUT2D eigenvalue weighted by Crippen LogP contribution is -2.60. The molecule has 0 unspecified atom stereocenters. The molecule has 3 aliphatic rings. The van der Waals surface area contributed by atoms with E-state index in [-0.39, 0.29) is 29.1 Å². The minimum absolute atomic E-state index is 0.00253. The van der Waals surface area contributed by atoms with E-state index in [1.807, 2.05) is 6.07 Å². The number of fused-ring (bicyclic) bond motifs is 3. The topological polar surface area (TPSA) is 111 Å². The van der Waals surface area contributed by atoms with Crippen LogP contribution in [0.1, 0.15) is 43.2 Å². The van der Waals surface area contributed by atoms with Crippen molar-refractivity contribution in [3.8, 4) is 23.3 Å². The first kappa shape index (κ1) is 24.1. The number of carbonyl (C=O) groups excluding carboxylic acids is 1. The van der Waals surface area contributed by atoms with Gasteiger partial charge in [0.2, 0.25) is 0 Å². The van der Waals surface area contributed by atoms with Crippen molar-refractivity contribution in [3.05, 3.63) is 53.3 Å². The van der Waals surface area contributed by atoms with Gasteiger partial charge >= 0.3 is 0 Å². The number of sulfone groups is 1. The molecule has 2 saturated heterocycles. The lowest BCUT2D eigenvalue weighted by Gasteiger charge is -2.46. The van der Waals surface area contributed by atoms with Crippen molar-refractivity contribution in [3.63, 3.8) is 0 Å². The van der Waals surface area contributed by atoms with Gasteiger partial charge in [-0.15, -0.1) is 0 Å². The van der Waals surface area contributed by atoms with E-state index >= 15 is 0 Å². The Kier molecular flexibility index (Phi) is 6.58. The van der Waals surface area contributed by atoms with Crippen molar-refractivity contribution in [2.75, 3.05) is 12.8 Å². The predicted molar refractivity (Wildman–Crippen MR) is 125 cm³/mol. The van der Waals surface area contributed by atoms with Crippen LogP contribution in [0.15, 0.2) is 41.3 Å². The zero-order valence-electron chi connectivity index (χ0n) is 19.0. The molecule has 2 aromatic rings. The highest BCUT2D eigenvalue weighted by Crippen LogP contribution is 2.38. The van der Waals surface area contributed by atoms with Crippen LogP contribution in [0.3, 0.4) is 0 Å². The fourth-order valence-corrected chi connectivity index (χ4v) is 5.95. The highest BCUT2D eigenvalue weighted by atomic mass is 32.2. The maximum Gasteiger partial charge on any atom is 0.176 e. The van der Waals surface area contributed by atoms with E-state index in [0.717, 1.165) is 38.5 Å². The van der Waals surface area contributed by atoms with Crippen LogP contribution in [-0.4, -0.2) is 32.5 Å². The summed E-state index contributed by atoms with van der Waals surface area (Å²) < 4.78 is 38.6. The van der Waals surface area contributed by atoms with Gasteiger partial charge in [-0.2, -0.15) is 10.5 Å². The molecule has 0 aromatic heterocycles. The summed E-state index contributed by atoms with van der Waals surface area (Å²) in [6, 6.07) is 12.9. The van der Waals surface area contributed by atoms with Crippen molar-refractivity contribution >= 4 is 15.6 Å². The molecule has 3 fully saturated rings. The van der Waals surface area contributed by atoms with Crippen LogP contribution >= 0.6 is 0 Å². The Labute approximate surface area is 199 Å². The molecule has 2 heterocycles. The first-order chi connectivity index (χ1) is 16.1. The summed E-state index contributed by atoms with van der Waals surface area (Å²) in [6.45, 7) is 0.845. The van der Waals surface area contributed by atoms with E-state index in [4.69, 9.17) is 0 Å². The first-order valence-electron chi connectivity index (χ1n) is 11.4. The van der Waals surface area contributed by atoms with Gasteiger partial charge in [-0.1, -0.05) is 18.2 Å². The van der Waals surface area contributed by atoms with Crippen molar-refractivity contribution in [2.45, 2.75) is 49.0 Å². The second-order valence-electron chi connectivity index (χ2n) is 9.46. The number of hydrogen-bond donors (Lipinski definition) is 1. The number of Topliss-reactive ketones (excluding diaryl/α,β-unsaturated/α-hetero) is 1. The number of nitriles is 2. The third-order valence-electron chi connectivity index (χ3n) is 7.19. The molecule has 2 aromatic carbocycles. The van der Waals surface area contributed by atoms with Gasteiger partial charge in [0.15, 0.2) is 15.6 Å². The summed E-state index contributed by atoms with van der Waals surface area (Å²) >= 11 is 0. The number of halogens is 1. The first-order valence-corrected chi connectivity index (χ1v) is 13.3. The van der Waals surface area contributed by atoms with E-state index in [1.54, 1.807) is 12.1 Å². The normalized spacial score (nSPS) is 22.5. The Morgan fingerprint density at radius 1 is 1.18 bits per heavy atom. The van der Waals surface area contributed by atoms with Gasteiger partial charge < -0.3 is 5.32 Å². The van der Waals surface area contributed by atoms with Gasteiger partial charge in [0.25, 0.3) is 0 Å². The number of carbonyl (C=O) groups is 1. The zero-order chi connectivity index (χ0) is 24.5. The molecule has 2 bridgehead atoms. The Morgan fingerprint density at radius 3 is 2.41 bits per heavy atom. The Hall–Kier alpha value is -3.07. The highest BCUT2D eigenvalue weighted by molar-refractivity contribution is 7.90. The number of rotatable bonds is 7. The largest absolute Gasteiger partial charge is 0.305 e. The number of ketones is 1. The molecule has 6 nitrogen and oxygen atoms in total. The van der Waals surface area contributed by atoms with Crippen molar-refractivity contribution in [2.24, 2.45) is 11.8 Å². The number of nitrogens with zero attached hydrogens (tertiary/aromatic N) is 2. The summed E-state index contributed by atoms with van der Waals surface area (Å²) in [4.78, 5) is 13.0.